The quantitative estimate of drug-likeness (QED) is 0.768. The van der Waals surface area contributed by atoms with Crippen LogP contribution in [0.15, 0.2) is 24.3 Å². The van der Waals surface area contributed by atoms with E-state index in [1.165, 1.54) is 5.56 Å². The lowest BCUT2D eigenvalue weighted by Crippen LogP contribution is -2.32. The summed E-state index contributed by atoms with van der Waals surface area (Å²) in [7, 11) is 0. The predicted octanol–water partition coefficient (Wildman–Crippen LogP) is 4.67. The first kappa shape index (κ1) is 17.0. The fraction of sp³-hybridized carbons (Fsp3) is 0.625. The van der Waals surface area contributed by atoms with Crippen molar-refractivity contribution in [2.75, 3.05) is 6.54 Å². The summed E-state index contributed by atoms with van der Waals surface area (Å²) < 4.78 is 36.9. The van der Waals surface area contributed by atoms with Gasteiger partial charge >= 0.3 is 6.18 Å². The van der Waals surface area contributed by atoms with Gasteiger partial charge in [0, 0.05) is 12.5 Å². The summed E-state index contributed by atoms with van der Waals surface area (Å²) in [5.74, 6) is 0.471. The fourth-order valence-corrected chi connectivity index (χ4v) is 2.23. The summed E-state index contributed by atoms with van der Waals surface area (Å²) in [4.78, 5) is 0. The normalized spacial score (nSPS) is 13.8. The van der Waals surface area contributed by atoms with Crippen molar-refractivity contribution >= 4 is 0 Å². The summed E-state index contributed by atoms with van der Waals surface area (Å²) in [5, 5.41) is 3.14. The molecule has 1 rings (SSSR count). The van der Waals surface area contributed by atoms with E-state index in [0.29, 0.717) is 18.9 Å². The third kappa shape index (κ3) is 6.42. The second-order valence-electron chi connectivity index (χ2n) is 5.51. The Hall–Kier alpha value is -1.03. The number of halogens is 3. The van der Waals surface area contributed by atoms with Crippen molar-refractivity contribution < 1.29 is 13.2 Å². The Labute approximate surface area is 119 Å². The molecule has 1 atom stereocenters. The monoisotopic (exact) mass is 287 g/mol. The molecule has 0 saturated heterocycles. The Kier molecular flexibility index (Phi) is 6.53. The Bertz CT molecular complexity index is 382. The van der Waals surface area contributed by atoms with E-state index >= 15 is 0 Å². The van der Waals surface area contributed by atoms with Crippen LogP contribution in [0.25, 0.3) is 0 Å². The second kappa shape index (κ2) is 7.67. The van der Waals surface area contributed by atoms with Gasteiger partial charge in [-0.25, -0.2) is 0 Å². The minimum atomic E-state index is -4.07. The molecule has 0 radical (unpaired) electrons. The van der Waals surface area contributed by atoms with E-state index in [1.54, 1.807) is 0 Å². The van der Waals surface area contributed by atoms with E-state index in [0.717, 1.165) is 5.56 Å². The zero-order valence-corrected chi connectivity index (χ0v) is 12.4. The minimum absolute atomic E-state index is 0.119. The maximum absolute atomic E-state index is 12.3. The molecule has 0 aliphatic rings. The lowest BCUT2D eigenvalue weighted by molar-refractivity contribution is -0.136. The molecule has 1 N–H and O–H groups in total. The largest absolute Gasteiger partial charge is 0.389 e. The summed E-state index contributed by atoms with van der Waals surface area (Å²) in [5.41, 5.74) is 2.34. The number of nitrogens with one attached hydrogen (secondary N) is 1. The van der Waals surface area contributed by atoms with Crippen molar-refractivity contribution in [3.63, 3.8) is 0 Å². The molecule has 4 heteroatoms. The highest BCUT2D eigenvalue weighted by Crippen LogP contribution is 2.23. The summed E-state index contributed by atoms with van der Waals surface area (Å²) in [6.45, 7) is 6.86. The molecule has 0 spiro atoms. The average Bonchev–Trinajstić information content (AvgIpc) is 2.36. The van der Waals surface area contributed by atoms with Crippen LogP contribution < -0.4 is 5.32 Å². The van der Waals surface area contributed by atoms with E-state index in [1.807, 2.05) is 19.1 Å². The zero-order chi connectivity index (χ0) is 15.2. The number of rotatable bonds is 7. The molecule has 0 fully saturated rings. The van der Waals surface area contributed by atoms with Crippen molar-refractivity contribution in [3.8, 4) is 0 Å². The molecular weight excluding hydrogens is 263 g/mol. The Morgan fingerprint density at radius 1 is 1.10 bits per heavy atom. The van der Waals surface area contributed by atoms with Crippen molar-refractivity contribution in [1.82, 2.24) is 5.32 Å². The molecule has 0 aromatic heterocycles. The van der Waals surface area contributed by atoms with Crippen LogP contribution in [0.2, 0.25) is 0 Å². The van der Waals surface area contributed by atoms with Crippen LogP contribution in [0, 0.1) is 0 Å². The van der Waals surface area contributed by atoms with E-state index in [4.69, 9.17) is 0 Å². The third-order valence-electron chi connectivity index (χ3n) is 3.40. The average molecular weight is 287 g/mol. The van der Waals surface area contributed by atoms with Crippen molar-refractivity contribution in [2.24, 2.45) is 0 Å². The van der Waals surface area contributed by atoms with Crippen LogP contribution in [0.5, 0.6) is 0 Å². The molecular formula is C16H24F3N. The van der Waals surface area contributed by atoms with Crippen LogP contribution in [0.3, 0.4) is 0 Å². The van der Waals surface area contributed by atoms with Gasteiger partial charge in [-0.05, 0) is 36.4 Å². The van der Waals surface area contributed by atoms with Gasteiger partial charge in [-0.3, -0.25) is 0 Å². The van der Waals surface area contributed by atoms with Gasteiger partial charge in [-0.2, -0.15) is 13.2 Å². The molecule has 1 aromatic carbocycles. The standard InChI is InChI=1S/C16H24F3N/c1-4-20-15(9-10-16(17,18)19)11-13-5-7-14(8-6-13)12(2)3/h5-8,12,15,20H,4,9-11H2,1-3H3. The molecule has 0 saturated carbocycles. The maximum atomic E-state index is 12.3. The van der Waals surface area contributed by atoms with Crippen LogP contribution >= 0.6 is 0 Å². The van der Waals surface area contributed by atoms with Crippen LogP contribution in [-0.2, 0) is 6.42 Å². The first-order valence-corrected chi connectivity index (χ1v) is 7.20. The molecule has 0 bridgehead atoms. The lowest BCUT2D eigenvalue weighted by atomic mass is 9.97. The summed E-state index contributed by atoms with van der Waals surface area (Å²) in [6, 6.07) is 8.05. The Morgan fingerprint density at radius 2 is 1.70 bits per heavy atom. The molecule has 1 aromatic rings. The van der Waals surface area contributed by atoms with Crippen molar-refractivity contribution in [2.45, 2.75) is 58.2 Å². The molecule has 0 aliphatic carbocycles. The fourth-order valence-electron chi connectivity index (χ4n) is 2.23. The number of benzene rings is 1. The second-order valence-corrected chi connectivity index (χ2v) is 5.51. The van der Waals surface area contributed by atoms with Gasteiger partial charge < -0.3 is 5.32 Å². The summed E-state index contributed by atoms with van der Waals surface area (Å²) >= 11 is 0. The highest BCUT2D eigenvalue weighted by Gasteiger charge is 2.28. The number of hydrogen-bond acceptors (Lipinski definition) is 1. The van der Waals surface area contributed by atoms with Gasteiger partial charge in [0.05, 0.1) is 0 Å². The highest BCUT2D eigenvalue weighted by molar-refractivity contribution is 5.25. The summed E-state index contributed by atoms with van der Waals surface area (Å²) in [6.07, 6.45) is -4.03. The molecule has 0 heterocycles. The molecule has 0 aliphatic heterocycles. The van der Waals surface area contributed by atoms with E-state index in [9.17, 15) is 13.2 Å². The van der Waals surface area contributed by atoms with E-state index < -0.39 is 12.6 Å². The lowest BCUT2D eigenvalue weighted by Gasteiger charge is -2.19. The third-order valence-corrected chi connectivity index (χ3v) is 3.40. The van der Waals surface area contributed by atoms with Gasteiger partial charge in [0.2, 0.25) is 0 Å². The molecule has 1 nitrogen and oxygen atoms in total. The van der Waals surface area contributed by atoms with Crippen LogP contribution in [-0.4, -0.2) is 18.8 Å². The molecule has 0 amide bonds. The maximum Gasteiger partial charge on any atom is 0.389 e. The van der Waals surface area contributed by atoms with Crippen LogP contribution in [0.1, 0.15) is 50.7 Å². The SMILES string of the molecule is CCNC(CCC(F)(F)F)Cc1ccc(C(C)C)cc1. The first-order chi connectivity index (χ1) is 9.31. The van der Waals surface area contributed by atoms with E-state index in [-0.39, 0.29) is 12.5 Å². The number of likely N-dealkylation sites (N-methyl/N-ethyl adjacent to an activating group) is 1. The number of hydrogen-bond donors (Lipinski definition) is 1. The van der Waals surface area contributed by atoms with E-state index in [2.05, 4.69) is 31.3 Å². The van der Waals surface area contributed by atoms with Gasteiger partial charge in [0.15, 0.2) is 0 Å². The molecule has 114 valence electrons. The van der Waals surface area contributed by atoms with Gasteiger partial charge in [-0.15, -0.1) is 0 Å². The molecule has 20 heavy (non-hydrogen) atoms. The topological polar surface area (TPSA) is 12.0 Å². The Balaban J connectivity index is 2.60. The van der Waals surface area contributed by atoms with Gasteiger partial charge in [0.1, 0.15) is 0 Å². The minimum Gasteiger partial charge on any atom is -0.314 e. The zero-order valence-electron chi connectivity index (χ0n) is 12.4. The van der Waals surface area contributed by atoms with Crippen molar-refractivity contribution in [1.29, 1.82) is 0 Å². The number of alkyl halides is 3. The smallest absolute Gasteiger partial charge is 0.314 e. The molecule has 1 unspecified atom stereocenters. The van der Waals surface area contributed by atoms with Gasteiger partial charge in [0.25, 0.3) is 0 Å². The Morgan fingerprint density at radius 3 is 2.15 bits per heavy atom. The van der Waals surface area contributed by atoms with Crippen LogP contribution in [0.4, 0.5) is 13.2 Å². The first-order valence-electron chi connectivity index (χ1n) is 7.20. The highest BCUT2D eigenvalue weighted by atomic mass is 19.4. The predicted molar refractivity (Wildman–Crippen MR) is 77.0 cm³/mol. The van der Waals surface area contributed by atoms with Crippen molar-refractivity contribution in [3.05, 3.63) is 35.4 Å². The van der Waals surface area contributed by atoms with Gasteiger partial charge in [-0.1, -0.05) is 45.0 Å².